The molecular formula is C11H15ClNO5P. The summed E-state index contributed by atoms with van der Waals surface area (Å²) >= 11 is 5.70. The van der Waals surface area contributed by atoms with Gasteiger partial charge in [0.1, 0.15) is 0 Å². The molecule has 1 rings (SSSR count). The van der Waals surface area contributed by atoms with E-state index in [4.69, 9.17) is 20.6 Å². The second kappa shape index (κ2) is 7.01. The van der Waals surface area contributed by atoms with Crippen LogP contribution in [0.4, 0.5) is 5.69 Å². The molecule has 0 bridgehead atoms. The Hall–Kier alpha value is -0.940. The first-order valence-electron chi connectivity index (χ1n) is 5.72. The van der Waals surface area contributed by atoms with Crippen LogP contribution in [0.3, 0.4) is 0 Å². The number of rotatable bonds is 7. The second-order valence-electron chi connectivity index (χ2n) is 3.65. The smallest absolute Gasteiger partial charge is 0.309 e. The summed E-state index contributed by atoms with van der Waals surface area (Å²) in [6.45, 7) is 3.48. The van der Waals surface area contributed by atoms with Gasteiger partial charge in [0.05, 0.1) is 23.7 Å². The summed E-state index contributed by atoms with van der Waals surface area (Å²) in [5.41, 5.74) is 0.148. The molecule has 1 atom stereocenters. The van der Waals surface area contributed by atoms with Crippen LogP contribution in [0.2, 0.25) is 5.02 Å². The Morgan fingerprint density at radius 2 is 2.05 bits per heavy atom. The lowest BCUT2D eigenvalue weighted by molar-refractivity contribution is -0.385. The highest BCUT2D eigenvalue weighted by atomic mass is 35.5. The second-order valence-corrected chi connectivity index (χ2v) is 6.46. The first kappa shape index (κ1) is 16.1. The number of nitrogens with zero attached hydrogens (tertiary/aromatic N) is 1. The number of benzene rings is 1. The van der Waals surface area contributed by atoms with Gasteiger partial charge in [-0.3, -0.25) is 14.7 Å². The molecule has 0 saturated carbocycles. The summed E-state index contributed by atoms with van der Waals surface area (Å²) in [6, 6.07) is 4.23. The molecule has 106 valence electrons. The first-order chi connectivity index (χ1) is 8.91. The molecule has 0 aromatic heterocycles. The summed E-state index contributed by atoms with van der Waals surface area (Å²) in [5.74, 6) is 0. The monoisotopic (exact) mass is 307 g/mol. The Kier molecular flexibility index (Phi) is 5.94. The van der Waals surface area contributed by atoms with Crippen molar-refractivity contribution < 1.29 is 18.5 Å². The molecule has 0 radical (unpaired) electrons. The third-order valence-electron chi connectivity index (χ3n) is 2.37. The maximum atomic E-state index is 12.1. The highest BCUT2D eigenvalue weighted by molar-refractivity contribution is 7.53. The van der Waals surface area contributed by atoms with Crippen LogP contribution in [-0.2, 0) is 20.2 Å². The first-order valence-corrected chi connectivity index (χ1v) is 7.83. The molecule has 1 aromatic rings. The summed E-state index contributed by atoms with van der Waals surface area (Å²) < 4.78 is 22.3. The maximum absolute atomic E-state index is 12.1. The van der Waals surface area contributed by atoms with Crippen molar-refractivity contribution in [3.63, 3.8) is 0 Å². The zero-order chi connectivity index (χ0) is 14.5. The topological polar surface area (TPSA) is 78.7 Å². The Balaban J connectivity index is 2.88. The van der Waals surface area contributed by atoms with E-state index in [0.29, 0.717) is 5.56 Å². The van der Waals surface area contributed by atoms with E-state index < -0.39 is 12.5 Å². The van der Waals surface area contributed by atoms with Gasteiger partial charge in [0.15, 0.2) is 0 Å². The van der Waals surface area contributed by atoms with E-state index in [-0.39, 0.29) is 30.1 Å². The number of halogens is 1. The highest BCUT2D eigenvalue weighted by Gasteiger charge is 2.23. The highest BCUT2D eigenvalue weighted by Crippen LogP contribution is 2.48. The van der Waals surface area contributed by atoms with E-state index in [0.717, 1.165) is 0 Å². The van der Waals surface area contributed by atoms with Crippen molar-refractivity contribution >= 4 is 24.9 Å². The van der Waals surface area contributed by atoms with Gasteiger partial charge in [-0.2, -0.15) is 0 Å². The van der Waals surface area contributed by atoms with E-state index in [1.54, 1.807) is 13.8 Å². The van der Waals surface area contributed by atoms with Crippen molar-refractivity contribution in [1.29, 1.82) is 0 Å². The molecular weight excluding hydrogens is 293 g/mol. The zero-order valence-corrected chi connectivity index (χ0v) is 12.3. The standard InChI is InChI=1S/C11H15ClNO5P/c1-3-17-19(16,4-2)18-8-9-5-6-10(12)7-11(9)13(14)15/h5-7H,3-4,8H2,1-2H3. The third kappa shape index (κ3) is 4.58. The Morgan fingerprint density at radius 1 is 1.37 bits per heavy atom. The molecule has 0 aliphatic rings. The van der Waals surface area contributed by atoms with Crippen LogP contribution in [0.1, 0.15) is 19.4 Å². The third-order valence-corrected chi connectivity index (χ3v) is 4.56. The van der Waals surface area contributed by atoms with Gasteiger partial charge < -0.3 is 9.05 Å². The van der Waals surface area contributed by atoms with Gasteiger partial charge in [0.25, 0.3) is 5.69 Å². The summed E-state index contributed by atoms with van der Waals surface area (Å²) in [7, 11) is -3.18. The van der Waals surface area contributed by atoms with Crippen molar-refractivity contribution in [1.82, 2.24) is 0 Å². The SMILES string of the molecule is CCOP(=O)(CC)OCc1ccc(Cl)cc1[N+](=O)[O-]. The van der Waals surface area contributed by atoms with Gasteiger partial charge >= 0.3 is 7.60 Å². The van der Waals surface area contributed by atoms with E-state index >= 15 is 0 Å². The van der Waals surface area contributed by atoms with Crippen LogP contribution in [0.5, 0.6) is 0 Å². The number of nitro groups is 1. The molecule has 19 heavy (non-hydrogen) atoms. The van der Waals surface area contributed by atoms with Crippen LogP contribution in [0, 0.1) is 10.1 Å². The quantitative estimate of drug-likeness (QED) is 0.432. The predicted octanol–water partition coefficient (Wildman–Crippen LogP) is 4.01. The lowest BCUT2D eigenvalue weighted by Crippen LogP contribution is -2.01. The van der Waals surface area contributed by atoms with E-state index in [2.05, 4.69) is 0 Å². The van der Waals surface area contributed by atoms with Crippen molar-refractivity contribution in [2.24, 2.45) is 0 Å². The van der Waals surface area contributed by atoms with Gasteiger partial charge in [-0.1, -0.05) is 18.5 Å². The molecule has 8 heteroatoms. The molecule has 1 unspecified atom stereocenters. The fourth-order valence-corrected chi connectivity index (χ4v) is 2.75. The average molecular weight is 308 g/mol. The van der Waals surface area contributed by atoms with Gasteiger partial charge in [0.2, 0.25) is 0 Å². The van der Waals surface area contributed by atoms with Crippen molar-refractivity contribution in [3.8, 4) is 0 Å². The molecule has 1 aromatic carbocycles. The van der Waals surface area contributed by atoms with E-state index in [1.165, 1.54) is 18.2 Å². The normalized spacial score (nSPS) is 14.1. The fourth-order valence-electron chi connectivity index (χ4n) is 1.41. The van der Waals surface area contributed by atoms with Gasteiger partial charge in [-0.25, -0.2) is 0 Å². The van der Waals surface area contributed by atoms with Gasteiger partial charge in [-0.15, -0.1) is 0 Å². The minimum atomic E-state index is -3.18. The zero-order valence-electron chi connectivity index (χ0n) is 10.7. The summed E-state index contributed by atoms with van der Waals surface area (Å²) in [6.07, 6.45) is 0.211. The number of hydrogen-bond acceptors (Lipinski definition) is 5. The average Bonchev–Trinajstić information content (AvgIpc) is 2.37. The van der Waals surface area contributed by atoms with Crippen LogP contribution >= 0.6 is 19.2 Å². The van der Waals surface area contributed by atoms with E-state index in [9.17, 15) is 14.7 Å². The Labute approximate surface area is 116 Å². The predicted molar refractivity (Wildman–Crippen MR) is 72.7 cm³/mol. The van der Waals surface area contributed by atoms with Crippen LogP contribution < -0.4 is 0 Å². The molecule has 0 fully saturated rings. The van der Waals surface area contributed by atoms with Gasteiger partial charge in [-0.05, 0) is 19.1 Å². The van der Waals surface area contributed by atoms with Crippen LogP contribution in [-0.4, -0.2) is 17.7 Å². The number of nitro benzene ring substituents is 1. The molecule has 0 amide bonds. The molecule has 0 aliphatic heterocycles. The van der Waals surface area contributed by atoms with Crippen LogP contribution in [0.15, 0.2) is 18.2 Å². The molecule has 0 spiro atoms. The summed E-state index contributed by atoms with van der Waals surface area (Å²) in [5, 5.41) is 11.1. The lowest BCUT2D eigenvalue weighted by Gasteiger charge is -2.15. The van der Waals surface area contributed by atoms with Gasteiger partial charge in [0, 0.05) is 17.3 Å². The Morgan fingerprint density at radius 3 is 2.58 bits per heavy atom. The molecule has 6 nitrogen and oxygen atoms in total. The van der Waals surface area contributed by atoms with E-state index in [1.807, 2.05) is 0 Å². The fraction of sp³-hybridized carbons (Fsp3) is 0.455. The molecule has 0 N–H and O–H groups in total. The van der Waals surface area contributed by atoms with Crippen LogP contribution in [0.25, 0.3) is 0 Å². The maximum Gasteiger partial charge on any atom is 0.330 e. The van der Waals surface area contributed by atoms with Crippen molar-refractivity contribution in [3.05, 3.63) is 38.9 Å². The lowest BCUT2D eigenvalue weighted by atomic mass is 10.2. The van der Waals surface area contributed by atoms with Crippen molar-refractivity contribution in [2.45, 2.75) is 20.5 Å². The minimum absolute atomic E-state index is 0.154. The molecule has 0 saturated heterocycles. The largest absolute Gasteiger partial charge is 0.330 e. The molecule has 0 aliphatic carbocycles. The number of hydrogen-bond donors (Lipinski definition) is 0. The molecule has 0 heterocycles. The summed E-state index contributed by atoms with van der Waals surface area (Å²) in [4.78, 5) is 10.3. The Bertz CT molecular complexity index is 508. The van der Waals surface area contributed by atoms with Crippen molar-refractivity contribution in [2.75, 3.05) is 12.8 Å². The minimum Gasteiger partial charge on any atom is -0.309 e.